The molecule has 0 amide bonds. The monoisotopic (exact) mass is 181 g/mol. The zero-order valence-corrected chi connectivity index (χ0v) is 7.84. The minimum absolute atomic E-state index is 0.0361. The van der Waals surface area contributed by atoms with Gasteiger partial charge in [-0.15, -0.1) is 0 Å². The minimum atomic E-state index is -2.30. The Morgan fingerprint density at radius 1 is 1.36 bits per heavy atom. The summed E-state index contributed by atoms with van der Waals surface area (Å²) in [7, 11) is -2.30. The average molecular weight is 181 g/mol. The number of rotatable bonds is 7. The lowest BCUT2D eigenvalue weighted by atomic mass is 10.3. The van der Waals surface area contributed by atoms with Gasteiger partial charge >= 0.3 is 8.25 Å². The normalized spacial score (nSPS) is 13.3. The van der Waals surface area contributed by atoms with Gasteiger partial charge in [0.05, 0.1) is 6.61 Å². The zero-order valence-electron chi connectivity index (χ0n) is 6.84. The van der Waals surface area contributed by atoms with E-state index in [0.29, 0.717) is 6.61 Å². The van der Waals surface area contributed by atoms with Gasteiger partial charge in [0.25, 0.3) is 0 Å². The molecule has 0 heterocycles. The summed E-state index contributed by atoms with van der Waals surface area (Å²) >= 11 is 0. The Bertz CT molecular complexity index is 110. The average Bonchev–Trinajstić information content (AvgIpc) is 1.99. The molecule has 0 aromatic heterocycles. The SMILES string of the molecule is CCCCCO[PH](=O)OCN. The highest BCUT2D eigenvalue weighted by Crippen LogP contribution is 2.22. The van der Waals surface area contributed by atoms with Crippen LogP contribution in [0.2, 0.25) is 0 Å². The second-order valence-corrected chi connectivity index (χ2v) is 3.19. The fourth-order valence-corrected chi connectivity index (χ4v) is 1.15. The molecule has 0 spiro atoms. The molecule has 0 saturated heterocycles. The molecule has 1 unspecified atom stereocenters. The number of nitrogens with two attached hydrogens (primary N) is 1. The van der Waals surface area contributed by atoms with Crippen molar-refractivity contribution in [1.82, 2.24) is 0 Å². The smallest absolute Gasteiger partial charge is 0.311 e. The molecular formula is C6H16NO3P. The second-order valence-electron chi connectivity index (χ2n) is 2.12. The summed E-state index contributed by atoms with van der Waals surface area (Å²) in [4.78, 5) is 0. The van der Waals surface area contributed by atoms with Crippen molar-refractivity contribution >= 4 is 8.25 Å². The van der Waals surface area contributed by atoms with Crippen molar-refractivity contribution in [2.24, 2.45) is 5.73 Å². The van der Waals surface area contributed by atoms with E-state index in [9.17, 15) is 4.57 Å². The van der Waals surface area contributed by atoms with Gasteiger partial charge in [0.15, 0.2) is 0 Å². The minimum Gasteiger partial charge on any atom is -0.311 e. The fourth-order valence-electron chi connectivity index (χ4n) is 0.617. The fraction of sp³-hybridized carbons (Fsp3) is 1.00. The topological polar surface area (TPSA) is 61.5 Å². The first-order chi connectivity index (χ1) is 5.31. The van der Waals surface area contributed by atoms with E-state index >= 15 is 0 Å². The molecule has 68 valence electrons. The van der Waals surface area contributed by atoms with E-state index in [1.165, 1.54) is 0 Å². The number of hydrogen-bond donors (Lipinski definition) is 1. The van der Waals surface area contributed by atoms with Crippen molar-refractivity contribution < 1.29 is 13.6 Å². The van der Waals surface area contributed by atoms with E-state index in [2.05, 4.69) is 11.4 Å². The predicted molar refractivity (Wildman–Crippen MR) is 44.6 cm³/mol. The first kappa shape index (κ1) is 11.1. The third-order valence-corrected chi connectivity index (χ3v) is 2.01. The van der Waals surface area contributed by atoms with Crippen LogP contribution in [0, 0.1) is 0 Å². The Morgan fingerprint density at radius 2 is 2.09 bits per heavy atom. The predicted octanol–water partition coefficient (Wildman–Crippen LogP) is 1.52. The van der Waals surface area contributed by atoms with E-state index in [4.69, 9.17) is 10.3 Å². The van der Waals surface area contributed by atoms with Crippen LogP contribution >= 0.6 is 8.25 Å². The highest BCUT2D eigenvalue weighted by atomic mass is 31.1. The second kappa shape index (κ2) is 8.21. The van der Waals surface area contributed by atoms with Gasteiger partial charge in [0.2, 0.25) is 0 Å². The van der Waals surface area contributed by atoms with E-state index < -0.39 is 8.25 Å². The maximum atomic E-state index is 10.7. The summed E-state index contributed by atoms with van der Waals surface area (Å²) in [5.41, 5.74) is 4.98. The molecule has 4 nitrogen and oxygen atoms in total. The van der Waals surface area contributed by atoms with E-state index in [1.807, 2.05) is 0 Å². The summed E-state index contributed by atoms with van der Waals surface area (Å²) in [6.07, 6.45) is 3.15. The van der Waals surface area contributed by atoms with Gasteiger partial charge in [-0.25, -0.2) is 0 Å². The lowest BCUT2D eigenvalue weighted by molar-refractivity contribution is 0.226. The van der Waals surface area contributed by atoms with E-state index in [-0.39, 0.29) is 6.73 Å². The molecule has 0 aliphatic carbocycles. The summed E-state index contributed by atoms with van der Waals surface area (Å²) < 4.78 is 20.0. The van der Waals surface area contributed by atoms with Gasteiger partial charge < -0.3 is 10.3 Å². The molecule has 1 atom stereocenters. The van der Waals surface area contributed by atoms with Gasteiger partial charge in [0, 0.05) is 0 Å². The Hall–Kier alpha value is 0.110. The molecule has 0 saturated carbocycles. The van der Waals surface area contributed by atoms with Crippen LogP contribution in [0.3, 0.4) is 0 Å². The first-order valence-electron chi connectivity index (χ1n) is 3.81. The molecule has 0 radical (unpaired) electrons. The molecule has 0 aromatic carbocycles. The van der Waals surface area contributed by atoms with Gasteiger partial charge in [-0.1, -0.05) is 19.8 Å². The van der Waals surface area contributed by atoms with Crippen molar-refractivity contribution in [2.75, 3.05) is 13.3 Å². The standard InChI is InChI=1S/C6H16NO3P/c1-2-3-4-5-9-11(8)10-6-7/h11H,2-7H2,1H3. The Morgan fingerprint density at radius 3 is 2.64 bits per heavy atom. The van der Waals surface area contributed by atoms with Crippen molar-refractivity contribution in [1.29, 1.82) is 0 Å². The first-order valence-corrected chi connectivity index (χ1v) is 5.03. The van der Waals surface area contributed by atoms with E-state index in [0.717, 1.165) is 19.3 Å². The molecule has 2 N–H and O–H groups in total. The molecule has 0 aliphatic heterocycles. The van der Waals surface area contributed by atoms with Crippen LogP contribution in [0.1, 0.15) is 26.2 Å². The van der Waals surface area contributed by atoms with Gasteiger partial charge in [-0.2, -0.15) is 0 Å². The van der Waals surface area contributed by atoms with Crippen molar-refractivity contribution in [3.05, 3.63) is 0 Å². The molecular weight excluding hydrogens is 165 g/mol. The van der Waals surface area contributed by atoms with Crippen LogP contribution in [0.15, 0.2) is 0 Å². The Kier molecular flexibility index (Phi) is 8.29. The van der Waals surface area contributed by atoms with Crippen molar-refractivity contribution in [3.63, 3.8) is 0 Å². The van der Waals surface area contributed by atoms with Crippen molar-refractivity contribution in [3.8, 4) is 0 Å². The van der Waals surface area contributed by atoms with Gasteiger partial charge in [0.1, 0.15) is 6.73 Å². The van der Waals surface area contributed by atoms with Gasteiger partial charge in [-0.05, 0) is 6.42 Å². The quantitative estimate of drug-likeness (QED) is 0.367. The highest BCUT2D eigenvalue weighted by Gasteiger charge is 1.95. The van der Waals surface area contributed by atoms with Crippen LogP contribution in [-0.4, -0.2) is 13.3 Å². The highest BCUT2D eigenvalue weighted by molar-refractivity contribution is 7.33. The van der Waals surface area contributed by atoms with Crippen LogP contribution in [0.4, 0.5) is 0 Å². The molecule has 0 fully saturated rings. The van der Waals surface area contributed by atoms with E-state index in [1.54, 1.807) is 0 Å². The lowest BCUT2D eigenvalue weighted by Crippen LogP contribution is -1.99. The van der Waals surface area contributed by atoms with Crippen LogP contribution < -0.4 is 5.73 Å². The van der Waals surface area contributed by atoms with Crippen LogP contribution in [0.5, 0.6) is 0 Å². The molecule has 0 bridgehead atoms. The molecule has 0 aliphatic rings. The van der Waals surface area contributed by atoms with Gasteiger partial charge in [-0.3, -0.25) is 9.09 Å². The largest absolute Gasteiger partial charge is 0.320 e. The van der Waals surface area contributed by atoms with Crippen molar-refractivity contribution in [2.45, 2.75) is 26.2 Å². The Balaban J connectivity index is 3.04. The molecule has 0 aromatic rings. The summed E-state index contributed by atoms with van der Waals surface area (Å²) in [5, 5.41) is 0. The number of unbranched alkanes of at least 4 members (excludes halogenated alkanes) is 2. The van der Waals surface area contributed by atoms with Crippen LogP contribution in [-0.2, 0) is 13.6 Å². The molecule has 11 heavy (non-hydrogen) atoms. The summed E-state index contributed by atoms with van der Waals surface area (Å²) in [5.74, 6) is 0. The molecule has 0 rings (SSSR count). The van der Waals surface area contributed by atoms with Crippen LogP contribution in [0.25, 0.3) is 0 Å². The third kappa shape index (κ3) is 8.01. The maximum Gasteiger partial charge on any atom is 0.320 e. The Labute approximate surface area is 68.0 Å². The summed E-state index contributed by atoms with van der Waals surface area (Å²) in [6, 6.07) is 0. The maximum absolute atomic E-state index is 10.7. The summed E-state index contributed by atoms with van der Waals surface area (Å²) in [6.45, 7) is 2.57. The number of hydrogen-bond acceptors (Lipinski definition) is 4. The molecule has 5 heteroatoms. The lowest BCUT2D eigenvalue weighted by Gasteiger charge is -2.01. The zero-order chi connectivity index (χ0) is 8.53. The third-order valence-electron chi connectivity index (χ3n) is 1.17.